The number of ether oxygens (including phenoxy) is 1. The van der Waals surface area contributed by atoms with Crippen molar-refractivity contribution in [2.45, 2.75) is 32.3 Å². The molecule has 0 heterocycles. The molecule has 1 aliphatic rings. The molecule has 0 aromatic heterocycles. The van der Waals surface area contributed by atoms with E-state index in [2.05, 4.69) is 0 Å². The Morgan fingerprint density at radius 1 is 1.73 bits per heavy atom. The van der Waals surface area contributed by atoms with Crippen LogP contribution in [0, 0.1) is 5.92 Å². The van der Waals surface area contributed by atoms with Crippen LogP contribution in [0.4, 0.5) is 0 Å². The summed E-state index contributed by atoms with van der Waals surface area (Å²) in [5.41, 5.74) is 0. The number of carbonyl (C=O) groups is 1. The highest BCUT2D eigenvalue weighted by Crippen LogP contribution is 2.37. The molecule has 0 amide bonds. The van der Waals surface area contributed by atoms with Crippen molar-refractivity contribution in [3.63, 3.8) is 0 Å². The SMILES string of the molecule is CC(=O)O[C@@H]1C[C@H]1CCCO. The quantitative estimate of drug-likeness (QED) is 0.613. The van der Waals surface area contributed by atoms with E-state index < -0.39 is 0 Å². The molecule has 0 saturated heterocycles. The van der Waals surface area contributed by atoms with Crippen molar-refractivity contribution in [2.24, 2.45) is 5.92 Å². The maximum atomic E-state index is 10.4. The largest absolute Gasteiger partial charge is 0.462 e. The molecule has 0 aliphatic heterocycles. The number of esters is 1. The molecule has 1 aliphatic carbocycles. The van der Waals surface area contributed by atoms with Gasteiger partial charge in [0.15, 0.2) is 0 Å². The van der Waals surface area contributed by atoms with Crippen molar-refractivity contribution >= 4 is 5.97 Å². The second-order valence-electron chi connectivity index (χ2n) is 3.01. The smallest absolute Gasteiger partial charge is 0.302 e. The van der Waals surface area contributed by atoms with E-state index in [1.807, 2.05) is 0 Å². The average molecular weight is 158 g/mol. The molecular weight excluding hydrogens is 144 g/mol. The van der Waals surface area contributed by atoms with Gasteiger partial charge in [-0.3, -0.25) is 4.79 Å². The summed E-state index contributed by atoms with van der Waals surface area (Å²) in [6.07, 6.45) is 2.94. The number of carbonyl (C=O) groups excluding carboxylic acids is 1. The van der Waals surface area contributed by atoms with Gasteiger partial charge in [-0.05, 0) is 25.2 Å². The van der Waals surface area contributed by atoms with Crippen LogP contribution in [0.1, 0.15) is 26.2 Å². The minimum absolute atomic E-state index is 0.152. The van der Waals surface area contributed by atoms with Crippen molar-refractivity contribution in [1.29, 1.82) is 0 Å². The first-order valence-corrected chi connectivity index (χ1v) is 4.02. The van der Waals surface area contributed by atoms with Gasteiger partial charge in [0.2, 0.25) is 0 Å². The number of hydrogen-bond acceptors (Lipinski definition) is 3. The Kier molecular flexibility index (Phi) is 2.88. The Hall–Kier alpha value is -0.570. The highest BCUT2D eigenvalue weighted by Gasteiger charge is 2.39. The van der Waals surface area contributed by atoms with Gasteiger partial charge in [-0.15, -0.1) is 0 Å². The second kappa shape index (κ2) is 3.72. The molecule has 64 valence electrons. The van der Waals surface area contributed by atoms with Crippen LogP contribution in [0.2, 0.25) is 0 Å². The normalized spacial score (nSPS) is 28.2. The fourth-order valence-electron chi connectivity index (χ4n) is 1.23. The zero-order valence-corrected chi connectivity index (χ0v) is 6.75. The van der Waals surface area contributed by atoms with E-state index in [1.165, 1.54) is 6.92 Å². The second-order valence-corrected chi connectivity index (χ2v) is 3.01. The zero-order chi connectivity index (χ0) is 8.27. The summed E-state index contributed by atoms with van der Waals surface area (Å²) in [5.74, 6) is 0.326. The first kappa shape index (κ1) is 8.53. The molecule has 2 atom stereocenters. The lowest BCUT2D eigenvalue weighted by molar-refractivity contribution is -0.142. The van der Waals surface area contributed by atoms with E-state index >= 15 is 0 Å². The third-order valence-electron chi connectivity index (χ3n) is 1.91. The highest BCUT2D eigenvalue weighted by molar-refractivity contribution is 5.66. The van der Waals surface area contributed by atoms with Crippen LogP contribution in [-0.2, 0) is 9.53 Å². The van der Waals surface area contributed by atoms with Crippen LogP contribution >= 0.6 is 0 Å². The number of hydrogen-bond donors (Lipinski definition) is 1. The number of rotatable bonds is 4. The third-order valence-corrected chi connectivity index (χ3v) is 1.91. The predicted octanol–water partition coefficient (Wildman–Crippen LogP) is 0.710. The maximum Gasteiger partial charge on any atom is 0.302 e. The molecule has 1 rings (SSSR count). The average Bonchev–Trinajstić information content (AvgIpc) is 2.62. The zero-order valence-electron chi connectivity index (χ0n) is 6.75. The lowest BCUT2D eigenvalue weighted by Crippen LogP contribution is -2.02. The molecule has 0 unspecified atom stereocenters. The van der Waals surface area contributed by atoms with Gasteiger partial charge in [0.25, 0.3) is 0 Å². The summed E-state index contributed by atoms with van der Waals surface area (Å²) in [6, 6.07) is 0. The van der Waals surface area contributed by atoms with Gasteiger partial charge < -0.3 is 9.84 Å². The van der Waals surface area contributed by atoms with Gasteiger partial charge in [-0.25, -0.2) is 0 Å². The maximum absolute atomic E-state index is 10.4. The molecule has 0 aromatic carbocycles. The van der Waals surface area contributed by atoms with Crippen molar-refractivity contribution in [1.82, 2.24) is 0 Å². The Morgan fingerprint density at radius 2 is 2.45 bits per heavy atom. The molecule has 3 heteroatoms. The van der Waals surface area contributed by atoms with Crippen molar-refractivity contribution in [3.8, 4) is 0 Å². The van der Waals surface area contributed by atoms with Crippen molar-refractivity contribution in [2.75, 3.05) is 6.61 Å². The summed E-state index contributed by atoms with van der Waals surface area (Å²) >= 11 is 0. The molecule has 0 bridgehead atoms. The summed E-state index contributed by atoms with van der Waals surface area (Å²) in [4.78, 5) is 10.4. The minimum atomic E-state index is -0.193. The summed E-state index contributed by atoms with van der Waals surface area (Å²) < 4.78 is 4.95. The molecule has 3 nitrogen and oxygen atoms in total. The molecular formula is C8H14O3. The van der Waals surface area contributed by atoms with Gasteiger partial charge in [0.1, 0.15) is 6.10 Å². The van der Waals surface area contributed by atoms with Crippen LogP contribution in [0.15, 0.2) is 0 Å². The Balaban J connectivity index is 2.02. The molecule has 1 saturated carbocycles. The molecule has 11 heavy (non-hydrogen) atoms. The third kappa shape index (κ3) is 2.89. The first-order valence-electron chi connectivity index (χ1n) is 4.02. The minimum Gasteiger partial charge on any atom is -0.462 e. The molecule has 1 N–H and O–H groups in total. The van der Waals surface area contributed by atoms with E-state index in [1.54, 1.807) is 0 Å². The first-order chi connectivity index (χ1) is 5.24. The summed E-state index contributed by atoms with van der Waals surface area (Å²) in [6.45, 7) is 1.67. The summed E-state index contributed by atoms with van der Waals surface area (Å²) in [5, 5.41) is 8.50. The Labute approximate surface area is 66.4 Å². The van der Waals surface area contributed by atoms with Crippen LogP contribution < -0.4 is 0 Å². The van der Waals surface area contributed by atoms with Crippen LogP contribution in [0.3, 0.4) is 0 Å². The lowest BCUT2D eigenvalue weighted by atomic mass is 10.2. The van der Waals surface area contributed by atoms with Gasteiger partial charge in [0.05, 0.1) is 0 Å². The van der Waals surface area contributed by atoms with E-state index in [-0.39, 0.29) is 18.7 Å². The van der Waals surface area contributed by atoms with E-state index in [4.69, 9.17) is 9.84 Å². The highest BCUT2D eigenvalue weighted by atomic mass is 16.5. The fraction of sp³-hybridized carbons (Fsp3) is 0.875. The monoisotopic (exact) mass is 158 g/mol. The molecule has 0 radical (unpaired) electrons. The van der Waals surface area contributed by atoms with Crippen molar-refractivity contribution < 1.29 is 14.6 Å². The molecule has 0 spiro atoms. The standard InChI is InChI=1S/C8H14O3/c1-6(10)11-8-5-7(8)3-2-4-9/h7-9H,2-5H2,1H3/t7-,8-/m1/s1. The summed E-state index contributed by atoms with van der Waals surface area (Å²) in [7, 11) is 0. The van der Waals surface area contributed by atoms with E-state index in [9.17, 15) is 4.79 Å². The van der Waals surface area contributed by atoms with E-state index in [0.717, 1.165) is 19.3 Å². The Morgan fingerprint density at radius 3 is 3.00 bits per heavy atom. The van der Waals surface area contributed by atoms with Crippen LogP contribution in [-0.4, -0.2) is 23.8 Å². The number of aliphatic hydroxyl groups excluding tert-OH is 1. The van der Waals surface area contributed by atoms with Crippen LogP contribution in [0.5, 0.6) is 0 Å². The van der Waals surface area contributed by atoms with Crippen LogP contribution in [0.25, 0.3) is 0 Å². The van der Waals surface area contributed by atoms with E-state index in [0.29, 0.717) is 5.92 Å². The fourth-order valence-corrected chi connectivity index (χ4v) is 1.23. The number of aliphatic hydroxyl groups is 1. The topological polar surface area (TPSA) is 46.5 Å². The van der Waals surface area contributed by atoms with Gasteiger partial charge in [-0.2, -0.15) is 0 Å². The van der Waals surface area contributed by atoms with Gasteiger partial charge in [0, 0.05) is 13.5 Å². The Bertz CT molecular complexity index is 144. The predicted molar refractivity (Wildman–Crippen MR) is 40.0 cm³/mol. The molecule has 0 aromatic rings. The lowest BCUT2D eigenvalue weighted by Gasteiger charge is -1.98. The van der Waals surface area contributed by atoms with Gasteiger partial charge in [-0.1, -0.05) is 0 Å². The van der Waals surface area contributed by atoms with Gasteiger partial charge >= 0.3 is 5.97 Å². The van der Waals surface area contributed by atoms with Crippen molar-refractivity contribution in [3.05, 3.63) is 0 Å². The molecule has 1 fully saturated rings.